The molecule has 0 aliphatic rings. The van der Waals surface area contributed by atoms with Gasteiger partial charge in [-0.1, -0.05) is 23.7 Å². The van der Waals surface area contributed by atoms with Crippen molar-refractivity contribution in [2.45, 2.75) is 5.75 Å². The number of carbonyl (C=O) groups excluding carboxylic acids is 2. The Labute approximate surface area is 163 Å². The number of benzene rings is 1. The molecule has 4 N–H and O–H groups in total. The second kappa shape index (κ2) is 8.39. The van der Waals surface area contributed by atoms with Gasteiger partial charge in [0.15, 0.2) is 5.13 Å². The summed E-state index contributed by atoms with van der Waals surface area (Å²) in [6, 6.07) is 9.18. The Hall–Kier alpha value is -2.29. The smallest absolute Gasteiger partial charge is 0.265 e. The van der Waals surface area contributed by atoms with E-state index in [1.54, 1.807) is 12.3 Å². The molecule has 0 fully saturated rings. The molecule has 134 valence electrons. The summed E-state index contributed by atoms with van der Waals surface area (Å²) < 4.78 is 0. The fraction of sp³-hybridized carbons (Fsp3) is 0.118. The average Bonchev–Trinajstić information content (AvgIpc) is 3.26. The lowest BCUT2D eigenvalue weighted by Gasteiger charge is -2.03. The largest absolute Gasteiger partial charge is 0.364 e. The maximum atomic E-state index is 12.0. The van der Waals surface area contributed by atoms with Gasteiger partial charge >= 0.3 is 0 Å². The zero-order chi connectivity index (χ0) is 18.5. The molecule has 2 heterocycles. The molecule has 0 aliphatic heterocycles. The van der Waals surface area contributed by atoms with Gasteiger partial charge in [-0.2, -0.15) is 0 Å². The Kier molecular flexibility index (Phi) is 5.97. The molecule has 0 radical (unpaired) electrons. The number of primary amides is 1. The van der Waals surface area contributed by atoms with E-state index in [-0.39, 0.29) is 5.91 Å². The molecular weight excluding hydrogens is 392 g/mol. The first-order chi connectivity index (χ1) is 12.5. The number of H-pyrrole nitrogens is 1. The summed E-state index contributed by atoms with van der Waals surface area (Å²) >= 11 is 8.69. The number of amides is 2. The lowest BCUT2D eigenvalue weighted by Crippen LogP contribution is -2.13. The minimum Gasteiger partial charge on any atom is -0.364 e. The quantitative estimate of drug-likeness (QED) is 0.556. The van der Waals surface area contributed by atoms with Crippen molar-refractivity contribution in [2.24, 2.45) is 5.73 Å². The zero-order valence-corrected chi connectivity index (χ0v) is 15.9. The molecule has 0 atom stereocenters. The van der Waals surface area contributed by atoms with E-state index < -0.39 is 5.91 Å². The molecule has 0 saturated carbocycles. The minimum atomic E-state index is -0.530. The summed E-state index contributed by atoms with van der Waals surface area (Å²) in [4.78, 5) is 30.3. The topological polar surface area (TPSA) is 101 Å². The average molecular weight is 407 g/mol. The van der Waals surface area contributed by atoms with Gasteiger partial charge in [0.05, 0.1) is 11.4 Å². The number of rotatable bonds is 7. The molecule has 0 spiro atoms. The molecule has 9 heteroatoms. The summed E-state index contributed by atoms with van der Waals surface area (Å²) in [5.74, 6) is 0.412. The SMILES string of the molecule is NC(=O)c1cc(-c2csc(NC(=O)CSCc3ccc(Cl)cc3)n2)c[nH]1. The van der Waals surface area contributed by atoms with Crippen molar-refractivity contribution in [1.29, 1.82) is 0 Å². The molecule has 3 aromatic rings. The molecule has 0 aliphatic carbocycles. The number of nitrogens with two attached hydrogens (primary N) is 1. The Balaban J connectivity index is 1.50. The predicted molar refractivity (Wildman–Crippen MR) is 107 cm³/mol. The number of aromatic nitrogens is 2. The van der Waals surface area contributed by atoms with Crippen LogP contribution in [0.5, 0.6) is 0 Å². The molecule has 0 saturated heterocycles. The van der Waals surface area contributed by atoms with Crippen LogP contribution in [0.15, 0.2) is 41.9 Å². The minimum absolute atomic E-state index is 0.114. The highest BCUT2D eigenvalue weighted by molar-refractivity contribution is 7.99. The van der Waals surface area contributed by atoms with E-state index in [0.29, 0.717) is 27.3 Å². The second-order valence-corrected chi connectivity index (χ2v) is 7.65. The third kappa shape index (κ3) is 4.87. The first-order valence-corrected chi connectivity index (χ1v) is 9.98. The first-order valence-electron chi connectivity index (χ1n) is 7.57. The molecule has 1 aromatic carbocycles. The molecule has 26 heavy (non-hydrogen) atoms. The van der Waals surface area contributed by atoms with Crippen LogP contribution in [0, 0.1) is 0 Å². The highest BCUT2D eigenvalue weighted by Gasteiger charge is 2.11. The number of hydrogen-bond donors (Lipinski definition) is 3. The Morgan fingerprint density at radius 3 is 2.77 bits per heavy atom. The number of carbonyl (C=O) groups is 2. The molecule has 0 bridgehead atoms. The van der Waals surface area contributed by atoms with Crippen molar-refractivity contribution in [3.63, 3.8) is 0 Å². The van der Waals surface area contributed by atoms with E-state index in [1.807, 2.05) is 29.6 Å². The van der Waals surface area contributed by atoms with Crippen molar-refractivity contribution in [3.05, 3.63) is 58.2 Å². The van der Waals surface area contributed by atoms with Gasteiger partial charge in [0.1, 0.15) is 5.69 Å². The zero-order valence-electron chi connectivity index (χ0n) is 13.5. The van der Waals surface area contributed by atoms with Gasteiger partial charge < -0.3 is 16.0 Å². The normalized spacial score (nSPS) is 10.7. The Bertz CT molecular complexity index is 921. The third-order valence-corrected chi connectivity index (χ3v) is 5.42. The van der Waals surface area contributed by atoms with Gasteiger partial charge in [0.25, 0.3) is 5.91 Å². The highest BCUT2D eigenvalue weighted by Crippen LogP contribution is 2.25. The van der Waals surface area contributed by atoms with Crippen LogP contribution in [0.1, 0.15) is 16.1 Å². The van der Waals surface area contributed by atoms with Gasteiger partial charge in [0.2, 0.25) is 5.91 Å². The Morgan fingerprint density at radius 1 is 1.31 bits per heavy atom. The van der Waals surface area contributed by atoms with Gasteiger partial charge in [0, 0.05) is 27.9 Å². The van der Waals surface area contributed by atoms with E-state index >= 15 is 0 Å². The van der Waals surface area contributed by atoms with E-state index in [4.69, 9.17) is 17.3 Å². The van der Waals surface area contributed by atoms with Crippen LogP contribution in [-0.4, -0.2) is 27.5 Å². The van der Waals surface area contributed by atoms with Gasteiger partial charge in [-0.3, -0.25) is 9.59 Å². The van der Waals surface area contributed by atoms with Gasteiger partial charge in [-0.25, -0.2) is 4.98 Å². The summed E-state index contributed by atoms with van der Waals surface area (Å²) in [5, 5.41) is 5.80. The van der Waals surface area contributed by atoms with E-state index in [9.17, 15) is 9.59 Å². The molecule has 2 amide bonds. The molecule has 3 rings (SSSR count). The van der Waals surface area contributed by atoms with E-state index in [2.05, 4.69) is 15.3 Å². The summed E-state index contributed by atoms with van der Waals surface area (Å²) in [6.45, 7) is 0. The van der Waals surface area contributed by atoms with Gasteiger partial charge in [-0.15, -0.1) is 23.1 Å². The summed E-state index contributed by atoms with van der Waals surface area (Å²) in [6.07, 6.45) is 1.66. The number of hydrogen-bond acceptors (Lipinski definition) is 5. The van der Waals surface area contributed by atoms with E-state index in [0.717, 1.165) is 16.9 Å². The number of thiazole rings is 1. The summed E-state index contributed by atoms with van der Waals surface area (Å²) in [7, 11) is 0. The van der Waals surface area contributed by atoms with Crippen LogP contribution in [-0.2, 0) is 10.5 Å². The molecule has 2 aromatic heterocycles. The fourth-order valence-electron chi connectivity index (χ4n) is 2.15. The number of aromatic amines is 1. The van der Waals surface area contributed by atoms with Crippen molar-refractivity contribution in [1.82, 2.24) is 9.97 Å². The summed E-state index contributed by atoms with van der Waals surface area (Å²) in [5.41, 5.74) is 8.06. The predicted octanol–water partition coefficient (Wildman–Crippen LogP) is 3.76. The standard InChI is InChI=1S/C17H15ClN4O2S2/c18-12-3-1-10(2-4-12)7-25-9-15(23)22-17-21-14(8-26-17)11-5-13(16(19)24)20-6-11/h1-6,8,20H,7,9H2,(H2,19,24)(H,21,22,23). The number of halogens is 1. The maximum absolute atomic E-state index is 12.0. The second-order valence-electron chi connectivity index (χ2n) is 5.37. The first kappa shape index (κ1) is 18.5. The van der Waals surface area contributed by atoms with Crippen LogP contribution in [0.2, 0.25) is 5.02 Å². The lowest BCUT2D eigenvalue weighted by molar-refractivity contribution is -0.113. The van der Waals surface area contributed by atoms with Crippen molar-refractivity contribution < 1.29 is 9.59 Å². The van der Waals surface area contributed by atoms with E-state index in [1.165, 1.54) is 23.1 Å². The number of nitrogens with zero attached hydrogens (tertiary/aromatic N) is 1. The monoisotopic (exact) mass is 406 g/mol. The molecule has 6 nitrogen and oxygen atoms in total. The van der Waals surface area contributed by atoms with Crippen LogP contribution in [0.4, 0.5) is 5.13 Å². The number of anilines is 1. The third-order valence-electron chi connectivity index (χ3n) is 3.41. The molecule has 0 unspecified atom stereocenters. The fourth-order valence-corrected chi connectivity index (χ4v) is 3.80. The Morgan fingerprint density at radius 2 is 2.08 bits per heavy atom. The maximum Gasteiger partial charge on any atom is 0.265 e. The molecular formula is C17H15ClN4O2S2. The number of thioether (sulfide) groups is 1. The lowest BCUT2D eigenvalue weighted by atomic mass is 10.2. The number of nitrogens with one attached hydrogen (secondary N) is 2. The van der Waals surface area contributed by atoms with Crippen LogP contribution in [0.3, 0.4) is 0 Å². The van der Waals surface area contributed by atoms with Crippen molar-refractivity contribution in [3.8, 4) is 11.3 Å². The van der Waals surface area contributed by atoms with Crippen LogP contribution < -0.4 is 11.1 Å². The highest BCUT2D eigenvalue weighted by atomic mass is 35.5. The van der Waals surface area contributed by atoms with Crippen LogP contribution >= 0.6 is 34.7 Å². The van der Waals surface area contributed by atoms with Crippen molar-refractivity contribution >= 4 is 51.6 Å². The van der Waals surface area contributed by atoms with Gasteiger partial charge in [-0.05, 0) is 23.8 Å². The van der Waals surface area contributed by atoms with Crippen molar-refractivity contribution in [2.75, 3.05) is 11.1 Å². The van der Waals surface area contributed by atoms with Crippen LogP contribution in [0.25, 0.3) is 11.3 Å².